The van der Waals surface area contributed by atoms with Gasteiger partial charge in [-0.2, -0.15) is 5.26 Å². The maximum absolute atomic E-state index is 13.8. The Morgan fingerprint density at radius 1 is 1.08 bits per heavy atom. The number of amides is 1. The molecule has 326 valence electrons. The second kappa shape index (κ2) is 18.6. The van der Waals surface area contributed by atoms with Crippen LogP contribution in [-0.4, -0.2) is 81.6 Å². The van der Waals surface area contributed by atoms with Crippen molar-refractivity contribution in [2.75, 3.05) is 74.2 Å². The van der Waals surface area contributed by atoms with Crippen LogP contribution in [0, 0.1) is 32.8 Å². The number of sulfonamides is 1. The zero-order valence-corrected chi connectivity index (χ0v) is 36.2. The quantitative estimate of drug-likeness (QED) is 0.0590. The first-order valence-electron chi connectivity index (χ1n) is 20.5. The van der Waals surface area contributed by atoms with E-state index in [2.05, 4.69) is 46.1 Å². The van der Waals surface area contributed by atoms with Gasteiger partial charge >= 0.3 is 0 Å². The number of allylic oxidation sites excluding steroid dienone is 1. The predicted octanol–water partition coefficient (Wildman–Crippen LogP) is 7.21. The maximum atomic E-state index is 13.8. The van der Waals surface area contributed by atoms with Gasteiger partial charge in [-0.3, -0.25) is 19.8 Å². The number of hydrogen-bond donors (Lipinski definition) is 4. The van der Waals surface area contributed by atoms with Crippen LogP contribution in [0.5, 0.6) is 11.5 Å². The lowest BCUT2D eigenvalue weighted by atomic mass is 9.72. The van der Waals surface area contributed by atoms with Gasteiger partial charge in [-0.1, -0.05) is 43.2 Å². The third kappa shape index (κ3) is 10.2. The smallest absolute Gasteiger partial charge is 0.293 e. The van der Waals surface area contributed by atoms with Crippen molar-refractivity contribution in [3.05, 3.63) is 104 Å². The minimum atomic E-state index is -4.63. The third-order valence-corrected chi connectivity index (χ3v) is 13.4. The maximum Gasteiger partial charge on any atom is 0.293 e. The summed E-state index contributed by atoms with van der Waals surface area (Å²) < 4.78 is 40.9. The van der Waals surface area contributed by atoms with Crippen molar-refractivity contribution in [2.24, 2.45) is 11.3 Å². The summed E-state index contributed by atoms with van der Waals surface area (Å²) in [7, 11) is -4.63. The number of carbonyl (C=O) groups excluding carboxylic acids is 1. The zero-order chi connectivity index (χ0) is 44.2. The summed E-state index contributed by atoms with van der Waals surface area (Å²) in [5.74, 6) is -0.662. The number of anilines is 4. The molecule has 0 bridgehead atoms. The van der Waals surface area contributed by atoms with E-state index in [-0.39, 0.29) is 51.2 Å². The summed E-state index contributed by atoms with van der Waals surface area (Å²) in [6.45, 7) is 9.66. The molecule has 1 aliphatic carbocycles. The topological polar surface area (TPSA) is 232 Å². The van der Waals surface area contributed by atoms with Crippen LogP contribution in [0.3, 0.4) is 0 Å². The second-order valence-electron chi connectivity index (χ2n) is 16.7. The largest absolute Gasteiger partial charge is 0.451 e. The van der Waals surface area contributed by atoms with Gasteiger partial charge in [-0.15, -0.1) is 0 Å². The summed E-state index contributed by atoms with van der Waals surface area (Å²) in [6.07, 6.45) is 5.98. The number of benzene rings is 3. The molecule has 3 heterocycles. The third-order valence-electron chi connectivity index (χ3n) is 11.8. The van der Waals surface area contributed by atoms with E-state index in [0.29, 0.717) is 56.6 Å². The van der Waals surface area contributed by atoms with Crippen LogP contribution < -0.4 is 31.1 Å². The molecule has 0 radical (unpaired) electrons. The summed E-state index contributed by atoms with van der Waals surface area (Å²) in [5, 5.41) is 25.4. The molecule has 3 aromatic carbocycles. The Morgan fingerprint density at radius 3 is 2.50 bits per heavy atom. The van der Waals surface area contributed by atoms with Crippen molar-refractivity contribution in [3.63, 3.8) is 0 Å². The lowest BCUT2D eigenvalue weighted by molar-refractivity contribution is -0.384. The number of ether oxygens (including phenoxy) is 2. The number of nitrogens with two attached hydrogens (primary N) is 2. The van der Waals surface area contributed by atoms with Gasteiger partial charge in [-0.05, 0) is 91.0 Å². The fourth-order valence-corrected chi connectivity index (χ4v) is 9.27. The number of aromatic nitrogens is 1. The van der Waals surface area contributed by atoms with Crippen LogP contribution in [-0.2, 0) is 14.8 Å². The number of halogens is 1. The molecule has 4 aromatic rings. The highest BCUT2D eigenvalue weighted by molar-refractivity contribution is 7.90. The highest BCUT2D eigenvalue weighted by atomic mass is 35.5. The van der Waals surface area contributed by atoms with E-state index in [0.717, 1.165) is 44.7 Å². The molecule has 1 amide bonds. The highest BCUT2D eigenvalue weighted by Crippen LogP contribution is 2.44. The van der Waals surface area contributed by atoms with Gasteiger partial charge in [0, 0.05) is 69.6 Å². The first kappa shape index (κ1) is 44.1. The normalized spacial score (nSPS) is 17.3. The van der Waals surface area contributed by atoms with Crippen molar-refractivity contribution < 1.29 is 27.6 Å². The Labute approximate surface area is 366 Å². The second-order valence-corrected chi connectivity index (χ2v) is 18.8. The van der Waals surface area contributed by atoms with Crippen LogP contribution in [0.15, 0.2) is 77.3 Å². The lowest BCUT2D eigenvalue weighted by Gasteiger charge is -2.39. The van der Waals surface area contributed by atoms with E-state index in [1.54, 1.807) is 6.07 Å². The Balaban J connectivity index is 1.12. The first-order valence-corrected chi connectivity index (χ1v) is 22.3. The van der Waals surface area contributed by atoms with Crippen molar-refractivity contribution in [2.45, 2.75) is 50.8 Å². The summed E-state index contributed by atoms with van der Waals surface area (Å²) in [5.41, 5.74) is 16.6. The molecule has 3 aliphatic rings. The zero-order valence-electron chi connectivity index (χ0n) is 34.7. The van der Waals surface area contributed by atoms with Crippen LogP contribution in [0.4, 0.5) is 28.6 Å². The number of nitrogen functional groups attached to an aromatic ring is 2. The lowest BCUT2D eigenvalue weighted by Crippen LogP contribution is -2.47. The van der Waals surface area contributed by atoms with Crippen LogP contribution in [0.25, 0.3) is 5.57 Å². The standard InChI is InChI=1S/C44H50ClN9O7S/c1-44(2)14-11-30(36(23-44)29-3-5-32(45)6-4-29)27-52-15-17-53(18-16-52)38-10-8-35(40(47)41(38)61-33-21-31(24-46)42(48)50-26-33)43(55)51-62(58,59)34-7-9-37(39(22-34)54(56)57)49-25-28-12-19-60-20-13-28/h3-10,21-22,26,28,49H,11-20,23,25,27,47H2,1-2H3,(H2,48,50)(H,51,55). The number of nitrogens with one attached hydrogen (secondary N) is 2. The van der Waals surface area contributed by atoms with E-state index >= 15 is 0 Å². The molecule has 0 unspecified atom stereocenters. The van der Waals surface area contributed by atoms with Crippen LogP contribution in [0.2, 0.25) is 5.02 Å². The van der Waals surface area contributed by atoms with Gasteiger partial charge in [0.15, 0.2) is 5.75 Å². The number of hydrogen-bond acceptors (Lipinski definition) is 14. The Kier molecular flexibility index (Phi) is 13.2. The Hall–Kier alpha value is -5.93. The molecule has 16 nitrogen and oxygen atoms in total. The molecular weight excluding hydrogens is 834 g/mol. The molecule has 62 heavy (non-hydrogen) atoms. The average Bonchev–Trinajstić information content (AvgIpc) is 3.25. The van der Waals surface area contributed by atoms with Gasteiger partial charge < -0.3 is 31.2 Å². The van der Waals surface area contributed by atoms with Gasteiger partial charge in [0.2, 0.25) is 0 Å². The van der Waals surface area contributed by atoms with Crippen LogP contribution in [0.1, 0.15) is 67.4 Å². The highest BCUT2D eigenvalue weighted by Gasteiger charge is 2.31. The molecule has 2 fully saturated rings. The number of nitro groups is 1. The van der Waals surface area contributed by atoms with Gasteiger partial charge in [0.05, 0.1) is 38.5 Å². The van der Waals surface area contributed by atoms with Crippen molar-refractivity contribution in [1.82, 2.24) is 14.6 Å². The number of nitro benzene ring substituents is 1. The Bertz CT molecular complexity index is 2530. The molecular formula is C44H50ClN9O7S. The fourth-order valence-electron chi connectivity index (χ4n) is 8.16. The number of nitrogens with zero attached hydrogens (tertiary/aromatic N) is 5. The van der Waals surface area contributed by atoms with E-state index in [9.17, 15) is 28.6 Å². The average molecular weight is 884 g/mol. The van der Waals surface area contributed by atoms with Crippen LogP contribution >= 0.6 is 11.6 Å². The van der Waals surface area contributed by atoms with E-state index in [1.807, 2.05) is 22.9 Å². The number of piperazine rings is 1. The molecule has 18 heteroatoms. The van der Waals surface area contributed by atoms with Gasteiger partial charge in [-0.25, -0.2) is 18.1 Å². The van der Waals surface area contributed by atoms with Gasteiger partial charge in [0.1, 0.15) is 23.3 Å². The molecule has 7 rings (SSSR count). The minimum absolute atomic E-state index is 0.00161. The number of pyridine rings is 1. The molecule has 6 N–H and O–H groups in total. The first-order chi connectivity index (χ1) is 29.6. The monoisotopic (exact) mass is 883 g/mol. The molecule has 0 saturated carbocycles. The summed E-state index contributed by atoms with van der Waals surface area (Å²) in [6, 6.07) is 17.9. The van der Waals surface area contributed by atoms with Gasteiger partial charge in [0.25, 0.3) is 21.6 Å². The molecule has 2 saturated heterocycles. The van der Waals surface area contributed by atoms with Crippen molar-refractivity contribution in [3.8, 4) is 17.6 Å². The van der Waals surface area contributed by atoms with Crippen molar-refractivity contribution in [1.29, 1.82) is 5.26 Å². The molecule has 2 aliphatic heterocycles. The predicted molar refractivity (Wildman–Crippen MR) is 239 cm³/mol. The summed E-state index contributed by atoms with van der Waals surface area (Å²) in [4.78, 5) is 33.2. The Morgan fingerprint density at radius 2 is 1.81 bits per heavy atom. The minimum Gasteiger partial charge on any atom is -0.451 e. The van der Waals surface area contributed by atoms with E-state index in [1.165, 1.54) is 47.2 Å². The number of carbonyl (C=O) groups is 1. The molecule has 0 atom stereocenters. The molecule has 1 aromatic heterocycles. The number of rotatable bonds is 13. The fraction of sp³-hybridized carbons (Fsp3) is 0.386. The van der Waals surface area contributed by atoms with E-state index in [4.69, 9.17) is 32.5 Å². The van der Waals surface area contributed by atoms with Crippen molar-refractivity contribution >= 4 is 61.7 Å². The van der Waals surface area contributed by atoms with E-state index < -0.39 is 31.4 Å². The summed E-state index contributed by atoms with van der Waals surface area (Å²) >= 11 is 6.23. The molecule has 0 spiro atoms. The number of nitriles is 1. The SMILES string of the molecule is CC1(C)CCC(CN2CCN(c3ccc(C(=O)NS(=O)(=O)c4ccc(NCC5CCOCC5)c([N+](=O)[O-])c4)c(N)c3Oc3cnc(N)c(C#N)c3)CC2)=C(c2ccc(Cl)cc2)C1.